The first-order chi connectivity index (χ1) is 4.12. The summed E-state index contributed by atoms with van der Waals surface area (Å²) in [4.78, 5) is 0. The minimum atomic E-state index is -0.278. The van der Waals surface area contributed by atoms with E-state index in [-0.39, 0.29) is 5.41 Å². The van der Waals surface area contributed by atoms with E-state index in [9.17, 15) is 0 Å². The number of hydrogen-bond acceptors (Lipinski definition) is 3. The van der Waals surface area contributed by atoms with E-state index in [1.807, 2.05) is 6.92 Å². The predicted molar refractivity (Wildman–Crippen MR) is 42.5 cm³/mol. The molecular formula is C5H17NO2Si. The van der Waals surface area contributed by atoms with Crippen molar-refractivity contribution >= 4 is 10.2 Å². The third kappa shape index (κ3) is 8.10. The molecule has 3 nitrogen and oxygen atoms in total. The van der Waals surface area contributed by atoms with Crippen LogP contribution in [0.25, 0.3) is 0 Å². The lowest BCUT2D eigenvalue weighted by Crippen LogP contribution is -2.29. The number of rotatable bonds is 2. The highest BCUT2D eigenvalue weighted by Gasteiger charge is 2.11. The third-order valence-electron chi connectivity index (χ3n) is 0.983. The standard InChI is InChI=1S/C4H12O2Si.CH5N/c1-4(7,5-2)6-3;1-2/h1-3,7H3;2H2,1H3. The molecule has 0 aromatic rings. The molecule has 0 aromatic carbocycles. The topological polar surface area (TPSA) is 44.5 Å². The summed E-state index contributed by atoms with van der Waals surface area (Å²) in [5.74, 6) is 0. The molecule has 2 N–H and O–H groups in total. The predicted octanol–water partition coefficient (Wildman–Crippen LogP) is -1.11. The van der Waals surface area contributed by atoms with Crippen LogP contribution >= 0.6 is 0 Å². The number of methoxy groups -OCH3 is 2. The van der Waals surface area contributed by atoms with Crippen molar-refractivity contribution in [3.63, 3.8) is 0 Å². The lowest BCUT2D eigenvalue weighted by Gasteiger charge is -2.20. The largest absolute Gasteiger partial charge is 0.358 e. The Morgan fingerprint density at radius 3 is 1.44 bits per heavy atom. The van der Waals surface area contributed by atoms with Crippen LogP contribution in [0.2, 0.25) is 0 Å². The fourth-order valence-corrected chi connectivity index (χ4v) is 0.0833. The molecule has 0 atom stereocenters. The van der Waals surface area contributed by atoms with Crippen molar-refractivity contribution in [2.45, 2.75) is 12.3 Å². The average Bonchev–Trinajstić information content (AvgIpc) is 1.93. The molecule has 0 spiro atoms. The highest BCUT2D eigenvalue weighted by molar-refractivity contribution is 6.13. The lowest BCUT2D eigenvalue weighted by atomic mass is 10.7. The van der Waals surface area contributed by atoms with E-state index in [1.54, 1.807) is 14.2 Å². The maximum absolute atomic E-state index is 4.93. The molecule has 0 aliphatic heterocycles. The van der Waals surface area contributed by atoms with Crippen LogP contribution < -0.4 is 5.73 Å². The summed E-state index contributed by atoms with van der Waals surface area (Å²) in [5, 5.41) is 0. The van der Waals surface area contributed by atoms with Crippen molar-refractivity contribution in [2.75, 3.05) is 21.3 Å². The quantitative estimate of drug-likeness (QED) is 0.402. The molecule has 0 unspecified atom stereocenters. The van der Waals surface area contributed by atoms with Gasteiger partial charge in [0.25, 0.3) is 0 Å². The summed E-state index contributed by atoms with van der Waals surface area (Å²) >= 11 is 0. The van der Waals surface area contributed by atoms with Crippen molar-refractivity contribution in [3.05, 3.63) is 0 Å². The summed E-state index contributed by atoms with van der Waals surface area (Å²) in [5.41, 5.74) is 4.22. The van der Waals surface area contributed by atoms with Gasteiger partial charge in [0.2, 0.25) is 0 Å². The first-order valence-corrected chi connectivity index (χ1v) is 3.80. The van der Waals surface area contributed by atoms with E-state index in [0.29, 0.717) is 0 Å². The second-order valence-corrected chi connectivity index (χ2v) is 3.62. The Morgan fingerprint density at radius 1 is 1.22 bits per heavy atom. The zero-order valence-corrected chi connectivity index (χ0v) is 8.89. The van der Waals surface area contributed by atoms with Crippen molar-refractivity contribution in [1.29, 1.82) is 0 Å². The van der Waals surface area contributed by atoms with Gasteiger partial charge in [-0.15, -0.1) is 0 Å². The monoisotopic (exact) mass is 151 g/mol. The number of nitrogens with two attached hydrogens (primary N) is 1. The molecule has 9 heavy (non-hydrogen) atoms. The van der Waals surface area contributed by atoms with E-state index >= 15 is 0 Å². The van der Waals surface area contributed by atoms with Crippen LogP contribution in [0.5, 0.6) is 0 Å². The van der Waals surface area contributed by atoms with Gasteiger partial charge in [-0.05, 0) is 14.0 Å². The molecular weight excluding hydrogens is 134 g/mol. The summed E-state index contributed by atoms with van der Waals surface area (Å²) in [6.07, 6.45) is 0. The van der Waals surface area contributed by atoms with Gasteiger partial charge in [0, 0.05) is 14.2 Å². The lowest BCUT2D eigenvalue weighted by molar-refractivity contribution is -0.127. The Hall–Kier alpha value is 0.0969. The minimum Gasteiger partial charge on any atom is -0.358 e. The Morgan fingerprint density at radius 2 is 1.44 bits per heavy atom. The highest BCUT2D eigenvalue weighted by atomic mass is 28.1. The average molecular weight is 151 g/mol. The molecule has 58 valence electrons. The van der Waals surface area contributed by atoms with Gasteiger partial charge in [0.05, 0.1) is 10.2 Å². The molecule has 0 saturated carbocycles. The van der Waals surface area contributed by atoms with Crippen molar-refractivity contribution < 1.29 is 9.47 Å². The maximum atomic E-state index is 4.93. The number of ether oxygens (including phenoxy) is 2. The van der Waals surface area contributed by atoms with Crippen LogP contribution in [-0.4, -0.2) is 36.9 Å². The Balaban J connectivity index is 0. The molecule has 0 amide bonds. The molecule has 0 fully saturated rings. The Labute approximate surface area is 59.9 Å². The summed E-state index contributed by atoms with van der Waals surface area (Å²) in [6.45, 7) is 1.92. The zero-order chi connectivity index (χ0) is 7.91. The smallest absolute Gasteiger partial charge is 0.138 e. The van der Waals surface area contributed by atoms with Crippen LogP contribution in [0.15, 0.2) is 0 Å². The molecule has 4 heteroatoms. The van der Waals surface area contributed by atoms with Crippen LogP contribution in [0, 0.1) is 0 Å². The Kier molecular flexibility index (Phi) is 8.18. The van der Waals surface area contributed by atoms with Crippen LogP contribution in [-0.2, 0) is 9.47 Å². The summed E-state index contributed by atoms with van der Waals surface area (Å²) in [6, 6.07) is 0. The van der Waals surface area contributed by atoms with Gasteiger partial charge in [0.1, 0.15) is 5.41 Å². The molecule has 0 radical (unpaired) electrons. The van der Waals surface area contributed by atoms with Gasteiger partial charge in [0.15, 0.2) is 0 Å². The van der Waals surface area contributed by atoms with Crippen molar-refractivity contribution in [3.8, 4) is 0 Å². The molecule has 0 aliphatic rings. The SMILES string of the molecule is CN.COC(C)([SiH3])OC. The normalized spacial score (nSPS) is 10.3. The van der Waals surface area contributed by atoms with Gasteiger partial charge >= 0.3 is 0 Å². The first-order valence-electron chi connectivity index (χ1n) is 2.80. The second-order valence-electron chi connectivity index (χ2n) is 1.81. The van der Waals surface area contributed by atoms with E-state index in [2.05, 4.69) is 5.73 Å². The van der Waals surface area contributed by atoms with Gasteiger partial charge < -0.3 is 15.2 Å². The van der Waals surface area contributed by atoms with Crippen LogP contribution in [0.3, 0.4) is 0 Å². The van der Waals surface area contributed by atoms with Crippen LogP contribution in [0.4, 0.5) is 0 Å². The summed E-state index contributed by atoms with van der Waals surface area (Å²) in [7, 11) is 5.70. The molecule has 0 bridgehead atoms. The van der Waals surface area contributed by atoms with Gasteiger partial charge in [-0.25, -0.2) is 0 Å². The third-order valence-corrected chi connectivity index (χ3v) is 1.80. The minimum absolute atomic E-state index is 0.278. The fourth-order valence-electron chi connectivity index (χ4n) is 0.0833. The Bertz CT molecular complexity index is 52.9. The highest BCUT2D eigenvalue weighted by Crippen LogP contribution is 2.00. The maximum Gasteiger partial charge on any atom is 0.138 e. The van der Waals surface area contributed by atoms with Crippen LogP contribution in [0.1, 0.15) is 6.92 Å². The molecule has 0 saturated heterocycles. The fraction of sp³-hybridized carbons (Fsp3) is 1.00. The molecule has 0 aromatic heterocycles. The van der Waals surface area contributed by atoms with E-state index in [0.717, 1.165) is 10.2 Å². The van der Waals surface area contributed by atoms with Crippen molar-refractivity contribution in [1.82, 2.24) is 0 Å². The van der Waals surface area contributed by atoms with E-state index < -0.39 is 0 Å². The molecule has 0 rings (SSSR count). The van der Waals surface area contributed by atoms with Gasteiger partial charge in [-0.1, -0.05) is 0 Å². The molecule has 0 heterocycles. The molecule has 0 aliphatic carbocycles. The zero-order valence-electron chi connectivity index (χ0n) is 6.89. The number of hydrogen-bond donors (Lipinski definition) is 1. The second kappa shape index (κ2) is 6.22. The van der Waals surface area contributed by atoms with E-state index in [1.165, 1.54) is 7.05 Å². The van der Waals surface area contributed by atoms with Gasteiger partial charge in [-0.3, -0.25) is 0 Å². The summed E-state index contributed by atoms with van der Waals surface area (Å²) < 4.78 is 9.85. The van der Waals surface area contributed by atoms with Crippen molar-refractivity contribution in [2.24, 2.45) is 5.73 Å². The first kappa shape index (κ1) is 11.8. The van der Waals surface area contributed by atoms with Gasteiger partial charge in [-0.2, -0.15) is 0 Å². The van der Waals surface area contributed by atoms with E-state index in [4.69, 9.17) is 9.47 Å².